The maximum atomic E-state index is 11.2. The number of aromatic nitrogens is 1. The van der Waals surface area contributed by atoms with Crippen molar-refractivity contribution in [2.75, 3.05) is 31.1 Å². The molecule has 0 N–H and O–H groups in total. The van der Waals surface area contributed by atoms with Crippen LogP contribution in [0.25, 0.3) is 0 Å². The Bertz CT molecular complexity index is 787. The molecule has 0 radical (unpaired) electrons. The van der Waals surface area contributed by atoms with Gasteiger partial charge in [0.15, 0.2) is 0 Å². The molecule has 0 unspecified atom stereocenters. The second-order valence-corrected chi connectivity index (χ2v) is 5.76. The standard InChI is InChI=1S/C16H17N5O3/c1-12-8-14(18-24-12)11-19-4-6-20(7-5-19)16-9-13(10-17)2-3-15(16)21(22)23/h2-3,8-9H,4-7,11H2,1H3. The van der Waals surface area contributed by atoms with Gasteiger partial charge in [0, 0.05) is 44.9 Å². The first-order chi connectivity index (χ1) is 11.6. The van der Waals surface area contributed by atoms with Crippen LogP contribution in [0.2, 0.25) is 0 Å². The van der Waals surface area contributed by atoms with Gasteiger partial charge in [-0.05, 0) is 19.1 Å². The summed E-state index contributed by atoms with van der Waals surface area (Å²) in [6, 6.07) is 8.42. The zero-order valence-electron chi connectivity index (χ0n) is 13.3. The Balaban J connectivity index is 1.70. The number of hydrogen-bond donors (Lipinski definition) is 0. The first-order valence-electron chi connectivity index (χ1n) is 7.65. The van der Waals surface area contributed by atoms with Gasteiger partial charge in [0.1, 0.15) is 11.4 Å². The number of hydrogen-bond acceptors (Lipinski definition) is 7. The molecule has 0 aliphatic carbocycles. The number of aryl methyl sites for hydroxylation is 1. The van der Waals surface area contributed by atoms with Gasteiger partial charge in [-0.15, -0.1) is 0 Å². The van der Waals surface area contributed by atoms with Gasteiger partial charge in [-0.1, -0.05) is 5.16 Å². The number of nitro groups is 1. The lowest BCUT2D eigenvalue weighted by molar-refractivity contribution is -0.384. The Hall–Kier alpha value is -2.92. The lowest BCUT2D eigenvalue weighted by Crippen LogP contribution is -2.46. The molecule has 24 heavy (non-hydrogen) atoms. The van der Waals surface area contributed by atoms with Crippen molar-refractivity contribution in [2.24, 2.45) is 0 Å². The fourth-order valence-corrected chi connectivity index (χ4v) is 2.87. The number of piperazine rings is 1. The van der Waals surface area contributed by atoms with E-state index in [0.29, 0.717) is 30.9 Å². The van der Waals surface area contributed by atoms with E-state index < -0.39 is 4.92 Å². The minimum atomic E-state index is -0.402. The molecule has 1 aliphatic rings. The lowest BCUT2D eigenvalue weighted by atomic mass is 10.1. The fraction of sp³-hybridized carbons (Fsp3) is 0.375. The summed E-state index contributed by atoms with van der Waals surface area (Å²) in [7, 11) is 0. The third-order valence-electron chi connectivity index (χ3n) is 4.08. The van der Waals surface area contributed by atoms with Gasteiger partial charge in [-0.25, -0.2) is 0 Å². The molecule has 124 valence electrons. The van der Waals surface area contributed by atoms with Crippen molar-refractivity contribution < 1.29 is 9.45 Å². The van der Waals surface area contributed by atoms with E-state index in [9.17, 15) is 10.1 Å². The molecule has 0 bridgehead atoms. The number of rotatable bonds is 4. The van der Waals surface area contributed by atoms with Gasteiger partial charge in [-0.3, -0.25) is 15.0 Å². The Labute approximate surface area is 139 Å². The highest BCUT2D eigenvalue weighted by atomic mass is 16.6. The third kappa shape index (κ3) is 3.36. The molecular weight excluding hydrogens is 310 g/mol. The average Bonchev–Trinajstić information content (AvgIpc) is 2.99. The summed E-state index contributed by atoms with van der Waals surface area (Å²) in [5.74, 6) is 0.785. The molecule has 8 heteroatoms. The summed E-state index contributed by atoms with van der Waals surface area (Å²) in [6.45, 7) is 5.40. The van der Waals surface area contributed by atoms with Crippen molar-refractivity contribution >= 4 is 11.4 Å². The number of nitro benzene ring substituents is 1. The molecule has 0 atom stereocenters. The van der Waals surface area contributed by atoms with E-state index in [1.807, 2.05) is 24.0 Å². The second kappa shape index (κ2) is 6.68. The smallest absolute Gasteiger partial charge is 0.292 e. The van der Waals surface area contributed by atoms with E-state index in [-0.39, 0.29) is 5.69 Å². The maximum Gasteiger partial charge on any atom is 0.292 e. The van der Waals surface area contributed by atoms with Crippen molar-refractivity contribution in [3.63, 3.8) is 0 Å². The van der Waals surface area contributed by atoms with Crippen molar-refractivity contribution in [3.05, 3.63) is 51.4 Å². The molecule has 1 aromatic carbocycles. The summed E-state index contributed by atoms with van der Waals surface area (Å²) in [5.41, 5.74) is 1.86. The van der Waals surface area contributed by atoms with Crippen molar-refractivity contribution in [1.82, 2.24) is 10.1 Å². The molecule has 2 aromatic rings. The van der Waals surface area contributed by atoms with Crippen LogP contribution in [0.3, 0.4) is 0 Å². The predicted octanol–water partition coefficient (Wildman–Crippen LogP) is 2.09. The van der Waals surface area contributed by atoms with Crippen LogP contribution in [0.5, 0.6) is 0 Å². The SMILES string of the molecule is Cc1cc(CN2CCN(c3cc(C#N)ccc3[N+](=O)[O-])CC2)no1. The molecule has 0 amide bonds. The average molecular weight is 327 g/mol. The predicted molar refractivity (Wildman–Crippen MR) is 86.5 cm³/mol. The zero-order valence-corrected chi connectivity index (χ0v) is 13.3. The third-order valence-corrected chi connectivity index (χ3v) is 4.08. The van der Waals surface area contributed by atoms with Crippen molar-refractivity contribution in [1.29, 1.82) is 5.26 Å². The topological polar surface area (TPSA) is 99.4 Å². The molecule has 1 fully saturated rings. The fourth-order valence-electron chi connectivity index (χ4n) is 2.87. The number of anilines is 1. The Morgan fingerprint density at radius 3 is 2.67 bits per heavy atom. The van der Waals surface area contributed by atoms with Crippen LogP contribution in [0.15, 0.2) is 28.8 Å². The van der Waals surface area contributed by atoms with Gasteiger partial charge in [0.05, 0.1) is 22.2 Å². The minimum absolute atomic E-state index is 0.0366. The summed E-state index contributed by atoms with van der Waals surface area (Å²) in [6.07, 6.45) is 0. The lowest BCUT2D eigenvalue weighted by Gasteiger charge is -2.35. The Morgan fingerprint density at radius 2 is 2.08 bits per heavy atom. The van der Waals surface area contributed by atoms with Gasteiger partial charge in [-0.2, -0.15) is 5.26 Å². The van der Waals surface area contributed by atoms with Crippen LogP contribution in [0.1, 0.15) is 17.0 Å². The van der Waals surface area contributed by atoms with Crippen LogP contribution in [-0.4, -0.2) is 41.2 Å². The van der Waals surface area contributed by atoms with Gasteiger partial charge in [0.25, 0.3) is 5.69 Å². The van der Waals surface area contributed by atoms with Crippen LogP contribution >= 0.6 is 0 Å². The van der Waals surface area contributed by atoms with E-state index in [1.165, 1.54) is 12.1 Å². The van der Waals surface area contributed by atoms with Crippen molar-refractivity contribution in [2.45, 2.75) is 13.5 Å². The van der Waals surface area contributed by atoms with E-state index in [1.54, 1.807) is 6.07 Å². The summed E-state index contributed by atoms with van der Waals surface area (Å²) >= 11 is 0. The molecule has 8 nitrogen and oxygen atoms in total. The molecule has 1 aliphatic heterocycles. The number of benzene rings is 1. The highest BCUT2D eigenvalue weighted by Crippen LogP contribution is 2.30. The second-order valence-electron chi connectivity index (χ2n) is 5.76. The number of nitrogens with zero attached hydrogens (tertiary/aromatic N) is 5. The minimum Gasteiger partial charge on any atom is -0.363 e. The Morgan fingerprint density at radius 1 is 1.33 bits per heavy atom. The highest BCUT2D eigenvalue weighted by molar-refractivity contribution is 5.66. The van der Waals surface area contributed by atoms with E-state index in [4.69, 9.17) is 9.78 Å². The highest BCUT2D eigenvalue weighted by Gasteiger charge is 2.24. The zero-order chi connectivity index (χ0) is 17.1. The van der Waals surface area contributed by atoms with E-state index in [0.717, 1.165) is 24.5 Å². The monoisotopic (exact) mass is 327 g/mol. The van der Waals surface area contributed by atoms with Crippen LogP contribution in [0, 0.1) is 28.4 Å². The molecule has 2 heterocycles. The Kier molecular flexibility index (Phi) is 4.44. The van der Waals surface area contributed by atoms with E-state index in [2.05, 4.69) is 10.1 Å². The largest absolute Gasteiger partial charge is 0.363 e. The quantitative estimate of drug-likeness (QED) is 0.626. The first kappa shape index (κ1) is 16.0. The number of nitriles is 1. The molecule has 1 saturated heterocycles. The molecule has 3 rings (SSSR count). The van der Waals surface area contributed by atoms with Crippen LogP contribution in [-0.2, 0) is 6.54 Å². The normalized spacial score (nSPS) is 15.2. The van der Waals surface area contributed by atoms with Crippen LogP contribution in [0.4, 0.5) is 11.4 Å². The summed E-state index contributed by atoms with van der Waals surface area (Å²) < 4.78 is 5.07. The van der Waals surface area contributed by atoms with Crippen molar-refractivity contribution in [3.8, 4) is 6.07 Å². The summed E-state index contributed by atoms with van der Waals surface area (Å²) in [5, 5.41) is 24.3. The molecule has 0 spiro atoms. The molecular formula is C16H17N5O3. The first-order valence-corrected chi connectivity index (χ1v) is 7.65. The molecule has 1 aromatic heterocycles. The van der Waals surface area contributed by atoms with Gasteiger partial charge < -0.3 is 9.42 Å². The maximum absolute atomic E-state index is 11.2. The van der Waals surface area contributed by atoms with Gasteiger partial charge >= 0.3 is 0 Å². The van der Waals surface area contributed by atoms with Gasteiger partial charge in [0.2, 0.25) is 0 Å². The summed E-state index contributed by atoms with van der Waals surface area (Å²) in [4.78, 5) is 15.0. The van der Waals surface area contributed by atoms with Crippen LogP contribution < -0.4 is 4.90 Å². The molecule has 0 saturated carbocycles. The van der Waals surface area contributed by atoms with E-state index >= 15 is 0 Å².